The van der Waals surface area contributed by atoms with E-state index in [4.69, 9.17) is 5.11 Å². The minimum Gasteiger partial charge on any atom is -0.465 e. The largest absolute Gasteiger partial charge is 0.465 e. The maximum Gasteiger partial charge on any atom is 0.404 e. The van der Waals surface area contributed by atoms with E-state index < -0.39 is 16.1 Å². The zero-order valence-corrected chi connectivity index (χ0v) is 11.3. The van der Waals surface area contributed by atoms with Crippen molar-refractivity contribution in [3.8, 4) is 0 Å². The number of anilines is 1. The van der Waals surface area contributed by atoms with Crippen molar-refractivity contribution >= 4 is 21.8 Å². The Balaban J connectivity index is 3.14. The number of amides is 1. The van der Waals surface area contributed by atoms with Gasteiger partial charge in [-0.3, -0.25) is 4.31 Å². The molecule has 1 amide bonds. The third-order valence-electron chi connectivity index (χ3n) is 2.50. The lowest BCUT2D eigenvalue weighted by Gasteiger charge is -2.20. The molecule has 0 aromatic heterocycles. The molecule has 0 unspecified atom stereocenters. The number of nitrogens with one attached hydrogen (secondary N) is 1. The van der Waals surface area contributed by atoms with Crippen LogP contribution in [0.5, 0.6) is 0 Å². The molecule has 0 aliphatic carbocycles. The van der Waals surface area contributed by atoms with Crippen molar-refractivity contribution in [3.63, 3.8) is 0 Å². The van der Waals surface area contributed by atoms with Crippen molar-refractivity contribution in [2.24, 2.45) is 0 Å². The van der Waals surface area contributed by atoms with E-state index in [2.05, 4.69) is 5.32 Å². The minimum absolute atomic E-state index is 0.0617. The summed E-state index contributed by atoms with van der Waals surface area (Å²) in [5, 5.41) is 10.8. The second kappa shape index (κ2) is 5.26. The van der Waals surface area contributed by atoms with Gasteiger partial charge in [0, 0.05) is 13.6 Å². The van der Waals surface area contributed by atoms with Crippen LogP contribution in [0.1, 0.15) is 11.1 Å². The Morgan fingerprint density at radius 2 is 2.06 bits per heavy atom. The van der Waals surface area contributed by atoms with Crippen molar-refractivity contribution in [2.75, 3.05) is 17.6 Å². The van der Waals surface area contributed by atoms with Gasteiger partial charge in [-0.2, -0.15) is 0 Å². The van der Waals surface area contributed by atoms with E-state index in [-0.39, 0.29) is 6.54 Å². The predicted molar refractivity (Wildman–Crippen MR) is 69.3 cm³/mol. The first-order chi connectivity index (χ1) is 8.21. The van der Waals surface area contributed by atoms with E-state index >= 15 is 0 Å². The number of carbonyl (C=O) groups is 1. The highest BCUT2D eigenvalue weighted by atomic mass is 32.2. The number of aryl methyl sites for hydroxylation is 1. The summed E-state index contributed by atoms with van der Waals surface area (Å²) in [5.74, 6) is 0. The van der Waals surface area contributed by atoms with Gasteiger partial charge >= 0.3 is 6.09 Å². The van der Waals surface area contributed by atoms with Crippen molar-refractivity contribution in [2.45, 2.75) is 13.5 Å². The lowest BCUT2D eigenvalue weighted by molar-refractivity contribution is 0.194. The lowest BCUT2D eigenvalue weighted by atomic mass is 10.1. The van der Waals surface area contributed by atoms with Gasteiger partial charge in [0.15, 0.2) is 0 Å². The molecule has 0 bridgehead atoms. The Morgan fingerprint density at radius 1 is 1.44 bits per heavy atom. The molecule has 1 aromatic rings. The highest BCUT2D eigenvalue weighted by molar-refractivity contribution is 7.92. The molecule has 18 heavy (non-hydrogen) atoms. The summed E-state index contributed by atoms with van der Waals surface area (Å²) >= 11 is 0. The van der Waals surface area contributed by atoms with Gasteiger partial charge in [-0.1, -0.05) is 17.7 Å². The van der Waals surface area contributed by atoms with Crippen LogP contribution < -0.4 is 9.62 Å². The summed E-state index contributed by atoms with van der Waals surface area (Å²) in [4.78, 5) is 10.5. The quantitative estimate of drug-likeness (QED) is 0.861. The van der Waals surface area contributed by atoms with Gasteiger partial charge in [-0.15, -0.1) is 0 Å². The van der Waals surface area contributed by atoms with Gasteiger partial charge in [0.05, 0.1) is 11.9 Å². The summed E-state index contributed by atoms with van der Waals surface area (Å²) in [6.45, 7) is 1.92. The van der Waals surface area contributed by atoms with Crippen LogP contribution in [0.25, 0.3) is 0 Å². The number of sulfonamides is 1. The first-order valence-electron chi connectivity index (χ1n) is 5.22. The van der Waals surface area contributed by atoms with Gasteiger partial charge in [-0.25, -0.2) is 13.2 Å². The molecule has 6 nitrogen and oxygen atoms in total. The predicted octanol–water partition coefficient (Wildman–Crippen LogP) is 1.16. The molecule has 0 fully saturated rings. The normalized spacial score (nSPS) is 11.1. The van der Waals surface area contributed by atoms with Crippen LogP contribution in [0.2, 0.25) is 0 Å². The van der Waals surface area contributed by atoms with Crippen LogP contribution in [0.4, 0.5) is 10.5 Å². The molecule has 0 spiro atoms. The monoisotopic (exact) mass is 272 g/mol. The van der Waals surface area contributed by atoms with E-state index in [0.717, 1.165) is 16.1 Å². The van der Waals surface area contributed by atoms with Crippen LogP contribution in [-0.4, -0.2) is 32.9 Å². The highest BCUT2D eigenvalue weighted by Gasteiger charge is 2.16. The molecule has 0 heterocycles. The summed E-state index contributed by atoms with van der Waals surface area (Å²) in [7, 11) is -1.94. The smallest absolute Gasteiger partial charge is 0.404 e. The zero-order chi connectivity index (χ0) is 13.9. The van der Waals surface area contributed by atoms with Gasteiger partial charge in [0.25, 0.3) is 0 Å². The SMILES string of the molecule is Cc1ccc(N(C)S(C)(=O)=O)c(CNC(=O)O)c1. The second-order valence-corrected chi connectivity index (χ2v) is 6.04. The molecule has 0 aliphatic rings. The Labute approximate surface area is 106 Å². The molecule has 0 atom stereocenters. The molecule has 1 rings (SSSR count). The number of rotatable bonds is 4. The molecular weight excluding hydrogens is 256 g/mol. The highest BCUT2D eigenvalue weighted by Crippen LogP contribution is 2.22. The van der Waals surface area contributed by atoms with Crippen LogP contribution in [0, 0.1) is 6.92 Å². The van der Waals surface area contributed by atoms with E-state index in [1.54, 1.807) is 18.2 Å². The first kappa shape index (κ1) is 14.3. The number of hydrogen-bond donors (Lipinski definition) is 2. The molecule has 0 saturated heterocycles. The lowest BCUT2D eigenvalue weighted by Crippen LogP contribution is -2.28. The van der Waals surface area contributed by atoms with Gasteiger partial charge < -0.3 is 10.4 Å². The average Bonchev–Trinajstić information content (AvgIpc) is 2.24. The van der Waals surface area contributed by atoms with Gasteiger partial charge in [-0.05, 0) is 18.6 Å². The van der Waals surface area contributed by atoms with Crippen LogP contribution in [0.3, 0.4) is 0 Å². The number of hydrogen-bond acceptors (Lipinski definition) is 3. The fraction of sp³-hybridized carbons (Fsp3) is 0.364. The molecule has 0 saturated carbocycles. The summed E-state index contributed by atoms with van der Waals surface area (Å²) in [6, 6.07) is 5.20. The molecule has 7 heteroatoms. The molecule has 2 N–H and O–H groups in total. The second-order valence-electron chi connectivity index (χ2n) is 4.02. The van der Waals surface area contributed by atoms with Crippen LogP contribution in [-0.2, 0) is 16.6 Å². The van der Waals surface area contributed by atoms with Gasteiger partial charge in [0.1, 0.15) is 0 Å². The fourth-order valence-corrected chi connectivity index (χ4v) is 2.05. The fourth-order valence-electron chi connectivity index (χ4n) is 1.51. The topological polar surface area (TPSA) is 86.7 Å². The maximum atomic E-state index is 11.5. The summed E-state index contributed by atoms with van der Waals surface area (Å²) in [6.07, 6.45) is -0.0502. The van der Waals surface area contributed by atoms with Gasteiger partial charge in [0.2, 0.25) is 10.0 Å². The minimum atomic E-state index is -3.37. The summed E-state index contributed by atoms with van der Waals surface area (Å²) in [5.41, 5.74) is 2.02. The summed E-state index contributed by atoms with van der Waals surface area (Å²) < 4.78 is 24.1. The number of carboxylic acid groups (broad SMARTS) is 1. The Morgan fingerprint density at radius 3 is 2.56 bits per heavy atom. The standard InChI is InChI=1S/C11H16N2O4S/c1-8-4-5-10(13(2)18(3,16)17)9(6-8)7-12-11(14)15/h4-6,12H,7H2,1-3H3,(H,14,15). The molecule has 1 aromatic carbocycles. The third kappa shape index (κ3) is 3.63. The molecule has 100 valence electrons. The zero-order valence-electron chi connectivity index (χ0n) is 10.5. The van der Waals surface area contributed by atoms with Crippen molar-refractivity contribution in [1.29, 1.82) is 0 Å². The van der Waals surface area contributed by atoms with E-state index in [1.165, 1.54) is 7.05 Å². The first-order valence-corrected chi connectivity index (χ1v) is 7.07. The molecule has 0 radical (unpaired) electrons. The van der Waals surface area contributed by atoms with E-state index in [0.29, 0.717) is 11.3 Å². The Bertz CT molecular complexity index is 554. The third-order valence-corrected chi connectivity index (χ3v) is 3.69. The Hall–Kier alpha value is -1.76. The average molecular weight is 272 g/mol. The van der Waals surface area contributed by atoms with Crippen molar-refractivity contribution in [3.05, 3.63) is 29.3 Å². The Kier molecular flexibility index (Phi) is 4.18. The number of benzene rings is 1. The van der Waals surface area contributed by atoms with Crippen molar-refractivity contribution < 1.29 is 18.3 Å². The van der Waals surface area contributed by atoms with Crippen LogP contribution in [0.15, 0.2) is 18.2 Å². The molecule has 0 aliphatic heterocycles. The van der Waals surface area contributed by atoms with E-state index in [9.17, 15) is 13.2 Å². The number of nitrogens with zero attached hydrogens (tertiary/aromatic N) is 1. The van der Waals surface area contributed by atoms with E-state index in [1.807, 2.05) is 6.92 Å². The maximum absolute atomic E-state index is 11.5. The molecular formula is C11H16N2O4S. The van der Waals surface area contributed by atoms with Crippen molar-refractivity contribution in [1.82, 2.24) is 5.32 Å². The van der Waals surface area contributed by atoms with Crippen LogP contribution >= 0.6 is 0 Å².